The van der Waals surface area contributed by atoms with Crippen molar-refractivity contribution in [1.29, 1.82) is 0 Å². The summed E-state index contributed by atoms with van der Waals surface area (Å²) in [6.07, 6.45) is 1.29. The molecule has 0 spiro atoms. The average Bonchev–Trinajstić information content (AvgIpc) is 3.08. The standard InChI is InChI=1S/C22H21N5O4/c1-15(28)23-17-7-9-18(10-8-17)24-20(29)19-14-31-22-25-21(30)26(11-12-27(19)22)13-16-5-3-2-4-6-16/h2-10,14H,11-13H2,1H3,(H,23,28)(H,24,29). The molecule has 0 aromatic heterocycles. The van der Waals surface area contributed by atoms with Gasteiger partial charge in [0.15, 0.2) is 0 Å². The quantitative estimate of drug-likeness (QED) is 0.776. The topological polar surface area (TPSA) is 103 Å². The van der Waals surface area contributed by atoms with Gasteiger partial charge >= 0.3 is 12.1 Å². The SMILES string of the molecule is CC(=O)Nc1ccc(NC(=O)C2=COC3=NC(=O)N(Cc4ccccc4)CCN23)cc1. The summed E-state index contributed by atoms with van der Waals surface area (Å²) in [7, 11) is 0. The second-order valence-electron chi connectivity index (χ2n) is 7.07. The van der Waals surface area contributed by atoms with Crippen molar-refractivity contribution in [1.82, 2.24) is 9.80 Å². The molecule has 0 saturated heterocycles. The molecule has 2 heterocycles. The van der Waals surface area contributed by atoms with Crippen molar-refractivity contribution in [3.05, 3.63) is 72.1 Å². The highest BCUT2D eigenvalue weighted by molar-refractivity contribution is 6.08. The minimum atomic E-state index is -0.412. The monoisotopic (exact) mass is 419 g/mol. The summed E-state index contributed by atoms with van der Waals surface area (Å²) in [5.74, 6) is -0.560. The Morgan fingerprint density at radius 2 is 1.68 bits per heavy atom. The fourth-order valence-corrected chi connectivity index (χ4v) is 3.27. The summed E-state index contributed by atoms with van der Waals surface area (Å²) in [4.78, 5) is 43.6. The molecular formula is C22H21N5O4. The first-order valence-corrected chi connectivity index (χ1v) is 9.74. The number of urea groups is 1. The van der Waals surface area contributed by atoms with E-state index in [1.54, 1.807) is 34.1 Å². The van der Waals surface area contributed by atoms with Crippen LogP contribution in [0.15, 0.2) is 71.5 Å². The maximum atomic E-state index is 12.8. The predicted molar refractivity (Wildman–Crippen MR) is 115 cm³/mol. The fraction of sp³-hybridized carbons (Fsp3) is 0.182. The number of amides is 4. The molecule has 0 bridgehead atoms. The lowest BCUT2D eigenvalue weighted by Gasteiger charge is -2.21. The van der Waals surface area contributed by atoms with Gasteiger partial charge in [-0.15, -0.1) is 4.99 Å². The highest BCUT2D eigenvalue weighted by Gasteiger charge is 2.33. The van der Waals surface area contributed by atoms with E-state index in [1.165, 1.54) is 13.2 Å². The zero-order valence-electron chi connectivity index (χ0n) is 16.9. The summed E-state index contributed by atoms with van der Waals surface area (Å²) in [5, 5.41) is 5.45. The van der Waals surface area contributed by atoms with Crippen molar-refractivity contribution in [3.63, 3.8) is 0 Å². The number of hydrogen-bond donors (Lipinski definition) is 2. The van der Waals surface area contributed by atoms with E-state index < -0.39 is 6.03 Å². The van der Waals surface area contributed by atoms with Crippen LogP contribution in [0.3, 0.4) is 0 Å². The molecule has 4 amide bonds. The van der Waals surface area contributed by atoms with Crippen LogP contribution in [0.5, 0.6) is 0 Å². The van der Waals surface area contributed by atoms with E-state index in [9.17, 15) is 14.4 Å². The summed E-state index contributed by atoms with van der Waals surface area (Å²) >= 11 is 0. The molecule has 9 heteroatoms. The minimum absolute atomic E-state index is 0.0896. The third-order valence-corrected chi connectivity index (χ3v) is 4.77. The number of nitrogens with zero attached hydrogens (tertiary/aromatic N) is 3. The van der Waals surface area contributed by atoms with Gasteiger partial charge in [0.25, 0.3) is 5.91 Å². The van der Waals surface area contributed by atoms with Crippen molar-refractivity contribution < 1.29 is 19.1 Å². The molecule has 2 N–H and O–H groups in total. The lowest BCUT2D eigenvalue weighted by Crippen LogP contribution is -2.36. The Kier molecular flexibility index (Phi) is 5.65. The third-order valence-electron chi connectivity index (χ3n) is 4.77. The first-order chi connectivity index (χ1) is 15.0. The molecule has 0 radical (unpaired) electrons. The van der Waals surface area contributed by atoms with Gasteiger partial charge in [0, 0.05) is 37.9 Å². The maximum Gasteiger partial charge on any atom is 0.348 e. The number of aliphatic imine (C=N–C) groups is 1. The number of fused-ring (bicyclic) bond motifs is 1. The van der Waals surface area contributed by atoms with Gasteiger partial charge in [0.05, 0.1) is 0 Å². The van der Waals surface area contributed by atoms with Crippen molar-refractivity contribution in [2.24, 2.45) is 4.99 Å². The zero-order chi connectivity index (χ0) is 21.8. The van der Waals surface area contributed by atoms with Crippen LogP contribution >= 0.6 is 0 Å². The average molecular weight is 419 g/mol. The Balaban J connectivity index is 1.41. The van der Waals surface area contributed by atoms with E-state index in [0.717, 1.165) is 5.56 Å². The lowest BCUT2D eigenvalue weighted by molar-refractivity contribution is -0.114. The van der Waals surface area contributed by atoms with Crippen molar-refractivity contribution in [2.45, 2.75) is 13.5 Å². The van der Waals surface area contributed by atoms with E-state index in [0.29, 0.717) is 31.0 Å². The van der Waals surface area contributed by atoms with Gasteiger partial charge in [-0.2, -0.15) is 0 Å². The Morgan fingerprint density at radius 3 is 2.35 bits per heavy atom. The molecule has 158 valence electrons. The molecule has 2 aromatic carbocycles. The molecule has 9 nitrogen and oxygen atoms in total. The highest BCUT2D eigenvalue weighted by Crippen LogP contribution is 2.22. The van der Waals surface area contributed by atoms with Crippen LogP contribution in [0.25, 0.3) is 0 Å². The van der Waals surface area contributed by atoms with Crippen molar-refractivity contribution >= 4 is 35.2 Å². The molecule has 2 aliphatic heterocycles. The number of carbonyl (C=O) groups is 3. The first kappa shape index (κ1) is 20.1. The molecule has 31 heavy (non-hydrogen) atoms. The number of nitrogens with one attached hydrogen (secondary N) is 2. The molecular weight excluding hydrogens is 398 g/mol. The van der Waals surface area contributed by atoms with Crippen LogP contribution in [-0.2, 0) is 20.9 Å². The van der Waals surface area contributed by atoms with Gasteiger partial charge in [-0.25, -0.2) is 4.79 Å². The number of hydrogen-bond acceptors (Lipinski definition) is 5. The molecule has 4 rings (SSSR count). The molecule has 2 aromatic rings. The van der Waals surface area contributed by atoms with Crippen LogP contribution in [0.4, 0.5) is 16.2 Å². The Bertz CT molecular complexity index is 1060. The summed E-state index contributed by atoms with van der Waals surface area (Å²) in [6.45, 7) is 2.61. The molecule has 0 fully saturated rings. The van der Waals surface area contributed by atoms with Gasteiger partial charge < -0.3 is 20.3 Å². The second-order valence-corrected chi connectivity index (χ2v) is 7.07. The number of rotatable bonds is 5. The number of benzene rings is 2. The van der Waals surface area contributed by atoms with E-state index in [4.69, 9.17) is 4.74 Å². The highest BCUT2D eigenvalue weighted by atomic mass is 16.5. The van der Waals surface area contributed by atoms with Crippen LogP contribution in [0.2, 0.25) is 0 Å². The molecule has 2 aliphatic rings. The van der Waals surface area contributed by atoms with Crippen LogP contribution in [0, 0.1) is 0 Å². The number of carbonyl (C=O) groups excluding carboxylic acids is 3. The van der Waals surface area contributed by atoms with Crippen LogP contribution < -0.4 is 10.6 Å². The summed E-state index contributed by atoms with van der Waals surface area (Å²) in [5.41, 5.74) is 2.45. The normalized spacial score (nSPS) is 15.3. The minimum Gasteiger partial charge on any atom is -0.431 e. The fourth-order valence-electron chi connectivity index (χ4n) is 3.27. The van der Waals surface area contributed by atoms with Crippen LogP contribution in [-0.4, -0.2) is 46.8 Å². The number of amidine groups is 1. The van der Waals surface area contributed by atoms with E-state index in [2.05, 4.69) is 15.6 Å². The zero-order valence-corrected chi connectivity index (χ0v) is 16.9. The van der Waals surface area contributed by atoms with Gasteiger partial charge in [-0.05, 0) is 29.8 Å². The van der Waals surface area contributed by atoms with E-state index in [-0.39, 0.29) is 23.5 Å². The van der Waals surface area contributed by atoms with Crippen LogP contribution in [0.1, 0.15) is 12.5 Å². The summed E-state index contributed by atoms with van der Waals surface area (Å²) < 4.78 is 5.40. The molecule has 0 saturated carbocycles. The van der Waals surface area contributed by atoms with Gasteiger partial charge in [0.1, 0.15) is 12.0 Å². The predicted octanol–water partition coefficient (Wildman–Crippen LogP) is 2.75. The van der Waals surface area contributed by atoms with E-state index in [1.807, 2.05) is 30.3 Å². The largest absolute Gasteiger partial charge is 0.431 e. The van der Waals surface area contributed by atoms with Gasteiger partial charge in [-0.3, -0.25) is 14.5 Å². The van der Waals surface area contributed by atoms with Gasteiger partial charge in [0.2, 0.25) is 5.91 Å². The van der Waals surface area contributed by atoms with Gasteiger partial charge in [-0.1, -0.05) is 30.3 Å². The first-order valence-electron chi connectivity index (χ1n) is 9.74. The summed E-state index contributed by atoms with van der Waals surface area (Å²) in [6, 6.07) is 16.1. The number of ether oxygens (including phenoxy) is 1. The Labute approximate surface area is 179 Å². The smallest absolute Gasteiger partial charge is 0.348 e. The third kappa shape index (κ3) is 4.72. The lowest BCUT2D eigenvalue weighted by atomic mass is 10.2. The molecule has 0 atom stereocenters. The Hall–Kier alpha value is -4.14. The Morgan fingerprint density at radius 1 is 1.00 bits per heavy atom. The molecule has 0 unspecified atom stereocenters. The van der Waals surface area contributed by atoms with Crippen molar-refractivity contribution in [2.75, 3.05) is 23.7 Å². The number of anilines is 2. The second kappa shape index (κ2) is 8.70. The van der Waals surface area contributed by atoms with E-state index >= 15 is 0 Å². The maximum absolute atomic E-state index is 12.8. The van der Waals surface area contributed by atoms with Crippen molar-refractivity contribution in [3.8, 4) is 0 Å². The molecule has 0 aliphatic carbocycles.